The first kappa shape index (κ1) is 22.7. The maximum Gasteiger partial charge on any atom is 0.251 e. The molecule has 0 bridgehead atoms. The third kappa shape index (κ3) is 5.93. The van der Waals surface area contributed by atoms with E-state index in [9.17, 15) is 9.18 Å². The van der Waals surface area contributed by atoms with Crippen molar-refractivity contribution in [3.63, 3.8) is 0 Å². The van der Waals surface area contributed by atoms with Crippen LogP contribution in [0.5, 0.6) is 0 Å². The van der Waals surface area contributed by atoms with Crippen LogP contribution >= 0.6 is 24.0 Å². The quantitative estimate of drug-likeness (QED) is 0.234. The first-order valence-electron chi connectivity index (χ1n) is 9.11. The number of benzene rings is 2. The van der Waals surface area contributed by atoms with Crippen molar-refractivity contribution in [1.82, 2.24) is 20.9 Å². The Balaban J connectivity index is 0.00000300. The molecule has 0 saturated heterocycles. The lowest BCUT2D eigenvalue weighted by atomic mass is 10.1. The number of fused-ring (bicyclic) bond motifs is 1. The molecule has 0 unspecified atom stereocenters. The zero-order chi connectivity index (χ0) is 19.9. The van der Waals surface area contributed by atoms with Crippen LogP contribution < -0.4 is 16.0 Å². The molecule has 1 amide bonds. The van der Waals surface area contributed by atoms with Crippen molar-refractivity contribution in [2.24, 2.45) is 4.99 Å². The molecule has 3 aromatic rings. The summed E-state index contributed by atoms with van der Waals surface area (Å²) >= 11 is 0. The molecule has 1 aromatic heterocycles. The summed E-state index contributed by atoms with van der Waals surface area (Å²) in [4.78, 5) is 19.0. The van der Waals surface area contributed by atoms with Gasteiger partial charge in [0.2, 0.25) is 0 Å². The Labute approximate surface area is 186 Å². The van der Waals surface area contributed by atoms with Crippen molar-refractivity contribution in [3.8, 4) is 0 Å². The van der Waals surface area contributed by atoms with Gasteiger partial charge in [0.05, 0.1) is 0 Å². The van der Waals surface area contributed by atoms with Crippen molar-refractivity contribution in [1.29, 1.82) is 0 Å². The van der Waals surface area contributed by atoms with E-state index < -0.39 is 0 Å². The average Bonchev–Trinajstić information content (AvgIpc) is 3.12. The van der Waals surface area contributed by atoms with Crippen LogP contribution in [0.15, 0.2) is 53.7 Å². The molecule has 8 heteroatoms. The Morgan fingerprint density at radius 3 is 2.59 bits per heavy atom. The van der Waals surface area contributed by atoms with Gasteiger partial charge in [0.1, 0.15) is 5.82 Å². The third-order valence-electron chi connectivity index (χ3n) is 4.54. The fourth-order valence-electron chi connectivity index (χ4n) is 3.00. The summed E-state index contributed by atoms with van der Waals surface area (Å²) in [5.41, 5.74) is 3.66. The number of carbonyl (C=O) groups excluding carboxylic acids is 1. The van der Waals surface area contributed by atoms with E-state index in [2.05, 4.69) is 25.9 Å². The van der Waals surface area contributed by atoms with Crippen LogP contribution in [-0.4, -0.2) is 37.5 Å². The lowest BCUT2D eigenvalue weighted by molar-refractivity contribution is 0.0963. The zero-order valence-electron chi connectivity index (χ0n) is 16.4. The van der Waals surface area contributed by atoms with Crippen LogP contribution in [0.3, 0.4) is 0 Å². The summed E-state index contributed by atoms with van der Waals surface area (Å²) in [6.45, 7) is 1.25. The van der Waals surface area contributed by atoms with Gasteiger partial charge in [0.25, 0.3) is 5.91 Å². The molecule has 3 rings (SSSR count). The molecule has 0 radical (unpaired) electrons. The van der Waals surface area contributed by atoms with E-state index >= 15 is 0 Å². The normalized spacial score (nSPS) is 11.1. The van der Waals surface area contributed by atoms with Crippen molar-refractivity contribution in [3.05, 3.63) is 71.2 Å². The van der Waals surface area contributed by atoms with Gasteiger partial charge in [0.15, 0.2) is 5.96 Å². The fourth-order valence-corrected chi connectivity index (χ4v) is 3.00. The lowest BCUT2D eigenvalue weighted by Gasteiger charge is -2.12. The molecule has 4 N–H and O–H groups in total. The smallest absolute Gasteiger partial charge is 0.251 e. The number of aromatic amines is 1. The van der Waals surface area contributed by atoms with Crippen molar-refractivity contribution >= 4 is 46.7 Å². The largest absolute Gasteiger partial charge is 0.361 e. The number of hydrogen-bond donors (Lipinski definition) is 4. The minimum atomic E-state index is -0.235. The third-order valence-corrected chi connectivity index (χ3v) is 4.54. The predicted molar refractivity (Wildman–Crippen MR) is 125 cm³/mol. The maximum absolute atomic E-state index is 13.5. The summed E-state index contributed by atoms with van der Waals surface area (Å²) < 4.78 is 13.5. The van der Waals surface area contributed by atoms with Crippen LogP contribution in [0, 0.1) is 5.82 Å². The van der Waals surface area contributed by atoms with Gasteiger partial charge in [-0.1, -0.05) is 12.1 Å². The predicted octanol–water partition coefficient (Wildman–Crippen LogP) is 3.19. The summed E-state index contributed by atoms with van der Waals surface area (Å²) in [7, 11) is 3.32. The second-order valence-electron chi connectivity index (χ2n) is 6.38. The number of aliphatic imine (C=N–C) groups is 1. The number of carbonyl (C=O) groups is 1. The number of H-pyrrole nitrogens is 1. The average molecular weight is 509 g/mol. The molecule has 0 fully saturated rings. The standard InChI is InChI=1S/C21H24FN5O.HI/c1-23-20(28)15-5-3-14(4-6-15)12-27-21(24-2)25-10-9-16-13-26-19-8-7-17(22)11-18(16)19;/h3-8,11,13,26H,9-10,12H2,1-2H3,(H,23,28)(H2,24,25,27);1H. The van der Waals surface area contributed by atoms with Gasteiger partial charge >= 0.3 is 0 Å². The monoisotopic (exact) mass is 509 g/mol. The molecule has 0 aliphatic carbocycles. The Bertz CT molecular complexity index is 984. The highest BCUT2D eigenvalue weighted by Crippen LogP contribution is 2.19. The van der Waals surface area contributed by atoms with Crippen LogP contribution in [0.25, 0.3) is 10.9 Å². The molecule has 29 heavy (non-hydrogen) atoms. The lowest BCUT2D eigenvalue weighted by Crippen LogP contribution is -2.37. The Kier molecular flexibility index (Phi) is 8.44. The van der Waals surface area contributed by atoms with Gasteiger partial charge in [-0.15, -0.1) is 24.0 Å². The number of rotatable bonds is 6. The van der Waals surface area contributed by atoms with E-state index in [1.54, 1.807) is 38.4 Å². The van der Waals surface area contributed by atoms with E-state index in [0.29, 0.717) is 24.6 Å². The van der Waals surface area contributed by atoms with Crippen molar-refractivity contribution < 1.29 is 9.18 Å². The Morgan fingerprint density at radius 2 is 1.90 bits per heavy atom. The van der Waals surface area contributed by atoms with E-state index in [1.165, 1.54) is 6.07 Å². The van der Waals surface area contributed by atoms with E-state index in [-0.39, 0.29) is 35.7 Å². The first-order chi connectivity index (χ1) is 13.6. The topological polar surface area (TPSA) is 81.3 Å². The highest BCUT2D eigenvalue weighted by molar-refractivity contribution is 14.0. The number of amides is 1. The molecule has 2 aromatic carbocycles. The molecule has 0 saturated carbocycles. The molecule has 6 nitrogen and oxygen atoms in total. The number of nitrogens with one attached hydrogen (secondary N) is 4. The summed E-state index contributed by atoms with van der Waals surface area (Å²) in [5, 5.41) is 10.0. The van der Waals surface area contributed by atoms with Gasteiger partial charge in [-0.05, 0) is 47.9 Å². The molecule has 0 atom stereocenters. The Hall–Kier alpha value is -2.62. The number of nitrogens with zero attached hydrogens (tertiary/aromatic N) is 1. The van der Waals surface area contributed by atoms with E-state index in [0.717, 1.165) is 28.5 Å². The molecule has 154 valence electrons. The van der Waals surface area contributed by atoms with Gasteiger partial charge in [-0.3, -0.25) is 9.79 Å². The molecular weight excluding hydrogens is 484 g/mol. The second-order valence-corrected chi connectivity index (χ2v) is 6.38. The minimum Gasteiger partial charge on any atom is -0.361 e. The first-order valence-corrected chi connectivity index (χ1v) is 9.11. The molecular formula is C21H25FIN5O. The minimum absolute atomic E-state index is 0. The van der Waals surface area contributed by atoms with Crippen molar-refractivity contribution in [2.75, 3.05) is 20.6 Å². The molecule has 0 aliphatic rings. The fraction of sp³-hybridized carbons (Fsp3) is 0.238. The van der Waals surface area contributed by atoms with Crippen LogP contribution in [0.1, 0.15) is 21.5 Å². The number of aromatic nitrogens is 1. The molecule has 1 heterocycles. The summed E-state index contributed by atoms with van der Waals surface area (Å²) in [6.07, 6.45) is 2.65. The number of guanidine groups is 1. The summed E-state index contributed by atoms with van der Waals surface area (Å²) in [5.74, 6) is 0.344. The van der Waals surface area contributed by atoms with Crippen LogP contribution in [0.4, 0.5) is 4.39 Å². The highest BCUT2D eigenvalue weighted by atomic mass is 127. The summed E-state index contributed by atoms with van der Waals surface area (Å²) in [6, 6.07) is 12.2. The highest BCUT2D eigenvalue weighted by Gasteiger charge is 2.06. The van der Waals surface area contributed by atoms with Gasteiger partial charge in [-0.2, -0.15) is 0 Å². The van der Waals surface area contributed by atoms with Crippen molar-refractivity contribution in [2.45, 2.75) is 13.0 Å². The van der Waals surface area contributed by atoms with E-state index in [1.807, 2.05) is 18.3 Å². The van der Waals surface area contributed by atoms with Crippen LogP contribution in [-0.2, 0) is 13.0 Å². The molecule has 0 aliphatic heterocycles. The molecule has 0 spiro atoms. The maximum atomic E-state index is 13.5. The van der Waals surface area contributed by atoms with Gasteiger partial charge < -0.3 is 20.9 Å². The van der Waals surface area contributed by atoms with Crippen LogP contribution in [0.2, 0.25) is 0 Å². The second kappa shape index (κ2) is 10.8. The number of halogens is 2. The SMILES string of the molecule is CN=C(NCCc1c[nH]c2ccc(F)cc12)NCc1ccc(C(=O)NC)cc1.I. The van der Waals surface area contributed by atoms with E-state index in [4.69, 9.17) is 0 Å². The van der Waals surface area contributed by atoms with Gasteiger partial charge in [-0.25, -0.2) is 4.39 Å². The van der Waals surface area contributed by atoms with Gasteiger partial charge in [0, 0.05) is 49.8 Å². The zero-order valence-corrected chi connectivity index (χ0v) is 18.7. The number of hydrogen-bond acceptors (Lipinski definition) is 2. The Morgan fingerprint density at radius 1 is 1.14 bits per heavy atom.